The Morgan fingerprint density at radius 1 is 1.08 bits per heavy atom. The molecule has 0 bridgehead atoms. The van der Waals surface area contributed by atoms with Crippen molar-refractivity contribution in [2.24, 2.45) is 0 Å². The second kappa shape index (κ2) is 7.21. The first-order valence-corrected chi connectivity index (χ1v) is 9.54. The molecule has 2 aromatic rings. The van der Waals surface area contributed by atoms with Gasteiger partial charge in [0.05, 0.1) is 13.4 Å². The van der Waals surface area contributed by atoms with Crippen LogP contribution in [0.2, 0.25) is 0 Å². The van der Waals surface area contributed by atoms with Gasteiger partial charge in [0.25, 0.3) is 10.6 Å². The van der Waals surface area contributed by atoms with E-state index in [0.29, 0.717) is 9.32 Å². The number of hydrogen-bond acceptors (Lipinski definition) is 6. The number of benzene rings is 2. The first-order valence-electron chi connectivity index (χ1n) is 6.42. The number of nitro benzene ring substituents is 2. The zero-order chi connectivity index (χ0) is 18.0. The smallest absolute Gasteiger partial charge is 0.327 e. The molecule has 2 rings (SSSR count). The zero-order valence-corrected chi connectivity index (χ0v) is 15.5. The molecule has 0 heterocycles. The molecule has 0 atom stereocenters. The normalized spacial score (nSPS) is 10.7. The summed E-state index contributed by atoms with van der Waals surface area (Å²) >= 11 is 1.88. The maximum atomic E-state index is 11.1. The number of phenols is 1. The predicted molar refractivity (Wildman–Crippen MR) is 98.1 cm³/mol. The Balaban J connectivity index is 2.46. The zero-order valence-electron chi connectivity index (χ0n) is 12.6. The van der Waals surface area contributed by atoms with Crippen LogP contribution in [0.1, 0.15) is 0 Å². The van der Waals surface area contributed by atoms with Crippen molar-refractivity contribution in [2.75, 3.05) is 12.5 Å². The van der Waals surface area contributed by atoms with Crippen LogP contribution in [0.5, 0.6) is 17.2 Å². The highest BCUT2D eigenvalue weighted by molar-refractivity contribution is 14.1. The van der Waals surface area contributed by atoms with Gasteiger partial charge < -0.3 is 9.84 Å². The van der Waals surface area contributed by atoms with Crippen LogP contribution in [-0.4, -0.2) is 27.5 Å². The Labute approximate surface area is 153 Å². The Morgan fingerprint density at radius 3 is 2.21 bits per heavy atom. The summed E-state index contributed by atoms with van der Waals surface area (Å²) in [5, 5.41) is 32.2. The number of nitro groups is 2. The largest absolute Gasteiger partial charge is 0.501 e. The topological polar surface area (TPSA) is 116 Å². The van der Waals surface area contributed by atoms with Gasteiger partial charge in [-0.05, 0) is 34.7 Å². The molecule has 2 aromatic carbocycles. The number of rotatable bonds is 5. The number of halogens is 1. The molecule has 0 fully saturated rings. The molecule has 0 aromatic heterocycles. The molecular formula is C14H12IN2O6S+. The lowest BCUT2D eigenvalue weighted by atomic mass is 10.2. The number of non-ortho nitro benzene ring substituents is 1. The summed E-state index contributed by atoms with van der Waals surface area (Å²) in [7, 11) is -0.569. The number of ether oxygens (including phenoxy) is 1. The van der Waals surface area contributed by atoms with E-state index in [1.54, 1.807) is 12.5 Å². The van der Waals surface area contributed by atoms with E-state index in [1.165, 1.54) is 30.3 Å². The molecule has 8 nitrogen and oxygen atoms in total. The average molecular weight is 463 g/mol. The monoisotopic (exact) mass is 463 g/mol. The minimum absolute atomic E-state index is 0.0589. The van der Waals surface area contributed by atoms with E-state index in [2.05, 4.69) is 0 Å². The molecule has 0 aliphatic heterocycles. The van der Waals surface area contributed by atoms with Gasteiger partial charge >= 0.3 is 5.69 Å². The third-order valence-electron chi connectivity index (χ3n) is 3.02. The summed E-state index contributed by atoms with van der Waals surface area (Å²) in [5.41, 5.74) is -0.254. The maximum absolute atomic E-state index is 11.1. The highest BCUT2D eigenvalue weighted by Crippen LogP contribution is 2.42. The standard InChI is InChI=1S/C14H11IN2O6S/c1-24(2)14-10(17(21)22)4-6-12(13(14)18)23-11-5-3-8(16(19)20)7-9(11)15/h3-7H,1-2H3/p+1. The van der Waals surface area contributed by atoms with Gasteiger partial charge in [-0.15, -0.1) is 0 Å². The van der Waals surface area contributed by atoms with Gasteiger partial charge in [-0.2, -0.15) is 0 Å². The summed E-state index contributed by atoms with van der Waals surface area (Å²) in [6.07, 6.45) is 3.50. The molecular weight excluding hydrogens is 451 g/mol. The van der Waals surface area contributed by atoms with Crippen LogP contribution in [0.15, 0.2) is 35.2 Å². The minimum Gasteiger partial charge on any atom is -0.501 e. The molecule has 0 saturated carbocycles. The summed E-state index contributed by atoms with van der Waals surface area (Å²) in [6.45, 7) is 0. The van der Waals surface area contributed by atoms with Crippen molar-refractivity contribution in [2.45, 2.75) is 4.90 Å². The van der Waals surface area contributed by atoms with Crippen molar-refractivity contribution in [3.8, 4) is 17.2 Å². The molecule has 0 unspecified atom stereocenters. The van der Waals surface area contributed by atoms with E-state index in [9.17, 15) is 25.3 Å². The molecule has 24 heavy (non-hydrogen) atoms. The van der Waals surface area contributed by atoms with E-state index in [0.717, 1.165) is 0 Å². The second-order valence-electron chi connectivity index (χ2n) is 4.81. The summed E-state index contributed by atoms with van der Waals surface area (Å²) in [6, 6.07) is 6.61. The van der Waals surface area contributed by atoms with Crippen LogP contribution < -0.4 is 4.74 Å². The predicted octanol–water partition coefficient (Wildman–Crippen LogP) is 3.84. The molecule has 0 spiro atoms. The van der Waals surface area contributed by atoms with Crippen molar-refractivity contribution >= 4 is 44.9 Å². The summed E-state index contributed by atoms with van der Waals surface area (Å²) in [5.74, 6) is 0.0682. The lowest BCUT2D eigenvalue weighted by molar-refractivity contribution is -0.387. The number of nitrogens with zero attached hydrogens (tertiary/aromatic N) is 2. The Morgan fingerprint density at radius 2 is 1.71 bits per heavy atom. The van der Waals surface area contributed by atoms with Crippen LogP contribution in [0.3, 0.4) is 0 Å². The molecule has 0 amide bonds. The fraction of sp³-hybridized carbons (Fsp3) is 0.143. The number of phenolic OH excluding ortho intramolecular Hbond substituents is 1. The first kappa shape index (κ1) is 18.3. The van der Waals surface area contributed by atoms with Crippen molar-refractivity contribution in [3.63, 3.8) is 0 Å². The third-order valence-corrected chi connectivity index (χ3v) is 5.09. The lowest BCUT2D eigenvalue weighted by Gasteiger charge is -2.10. The third kappa shape index (κ3) is 3.70. The molecule has 0 saturated heterocycles. The summed E-state index contributed by atoms with van der Waals surface area (Å²) in [4.78, 5) is 21.0. The van der Waals surface area contributed by atoms with Crippen molar-refractivity contribution in [1.29, 1.82) is 0 Å². The van der Waals surface area contributed by atoms with Gasteiger partial charge in [0, 0.05) is 29.1 Å². The Kier molecular flexibility index (Phi) is 5.49. The molecule has 1 N–H and O–H groups in total. The fourth-order valence-electron chi connectivity index (χ4n) is 1.98. The Bertz CT molecular complexity index is 827. The number of aromatic hydroxyl groups is 1. The quantitative estimate of drug-likeness (QED) is 0.312. The van der Waals surface area contributed by atoms with Crippen molar-refractivity contribution in [3.05, 3.63) is 54.1 Å². The van der Waals surface area contributed by atoms with Crippen LogP contribution in [0.25, 0.3) is 0 Å². The van der Waals surface area contributed by atoms with Crippen LogP contribution in [0, 0.1) is 23.8 Å². The molecule has 10 heteroatoms. The van der Waals surface area contributed by atoms with E-state index in [-0.39, 0.29) is 27.8 Å². The first-order chi connectivity index (χ1) is 11.2. The van der Waals surface area contributed by atoms with E-state index >= 15 is 0 Å². The van der Waals surface area contributed by atoms with Gasteiger partial charge in [0.2, 0.25) is 5.75 Å². The fourth-order valence-corrected chi connectivity index (χ4v) is 3.63. The van der Waals surface area contributed by atoms with Crippen molar-refractivity contribution < 1.29 is 19.7 Å². The van der Waals surface area contributed by atoms with Gasteiger partial charge in [0.15, 0.2) is 5.75 Å². The highest BCUT2D eigenvalue weighted by atomic mass is 127. The lowest BCUT2D eigenvalue weighted by Crippen LogP contribution is -2.03. The average Bonchev–Trinajstić information content (AvgIpc) is 2.49. The second-order valence-corrected chi connectivity index (χ2v) is 8.01. The molecule has 0 aliphatic carbocycles. The molecule has 0 aliphatic rings. The van der Waals surface area contributed by atoms with Gasteiger partial charge in [-0.3, -0.25) is 20.2 Å². The van der Waals surface area contributed by atoms with E-state index < -0.39 is 20.7 Å². The van der Waals surface area contributed by atoms with Crippen LogP contribution in [0.4, 0.5) is 11.4 Å². The van der Waals surface area contributed by atoms with Gasteiger partial charge in [0.1, 0.15) is 18.3 Å². The van der Waals surface area contributed by atoms with Crippen LogP contribution >= 0.6 is 22.6 Å². The van der Waals surface area contributed by atoms with Gasteiger partial charge in [-0.25, -0.2) is 0 Å². The Hall–Kier alpha value is -2.08. The maximum Gasteiger partial charge on any atom is 0.327 e. The van der Waals surface area contributed by atoms with E-state index in [1.807, 2.05) is 22.6 Å². The summed E-state index contributed by atoms with van der Waals surface area (Å²) < 4.78 is 6.08. The van der Waals surface area contributed by atoms with Crippen molar-refractivity contribution in [1.82, 2.24) is 0 Å². The molecule has 126 valence electrons. The van der Waals surface area contributed by atoms with Crippen LogP contribution in [-0.2, 0) is 10.9 Å². The molecule has 0 radical (unpaired) electrons. The van der Waals surface area contributed by atoms with E-state index in [4.69, 9.17) is 4.74 Å². The highest BCUT2D eigenvalue weighted by Gasteiger charge is 2.31. The number of hydrogen-bond donors (Lipinski definition) is 1. The van der Waals surface area contributed by atoms with Gasteiger partial charge in [-0.1, -0.05) is 0 Å². The minimum atomic E-state index is -0.569. The SMILES string of the molecule is C[S+](C)c1c([N+](=O)[O-])ccc(Oc2ccc([N+](=O)[O-])cc2I)c1O.